The average molecular weight is 224 g/mol. The highest BCUT2D eigenvalue weighted by Crippen LogP contribution is 2.17. The first-order chi connectivity index (χ1) is 7.69. The van der Waals surface area contributed by atoms with Gasteiger partial charge in [0.2, 0.25) is 0 Å². The number of aromatic nitrogens is 1. The molecule has 0 aromatic carbocycles. The van der Waals surface area contributed by atoms with Crippen molar-refractivity contribution in [3.63, 3.8) is 0 Å². The van der Waals surface area contributed by atoms with Gasteiger partial charge >= 0.3 is 0 Å². The third-order valence-electron chi connectivity index (χ3n) is 1.97. The van der Waals surface area contributed by atoms with Gasteiger partial charge in [0.05, 0.1) is 12.6 Å². The van der Waals surface area contributed by atoms with E-state index in [1.54, 1.807) is 12.1 Å². The van der Waals surface area contributed by atoms with E-state index in [2.05, 4.69) is 20.4 Å². The van der Waals surface area contributed by atoms with Gasteiger partial charge in [-0.05, 0) is 11.6 Å². The summed E-state index contributed by atoms with van der Waals surface area (Å²) >= 11 is 0. The molecule has 0 bridgehead atoms. The number of nitrogens with two attached hydrogens (primary N) is 1. The summed E-state index contributed by atoms with van der Waals surface area (Å²) in [5.74, 6) is 5.57. The molecule has 0 spiro atoms. The number of nitrogens with one attached hydrogen (secondary N) is 1. The zero-order valence-electron chi connectivity index (χ0n) is 8.35. The summed E-state index contributed by atoms with van der Waals surface area (Å²) in [6.07, 6.45) is -0.932. The van der Waals surface area contributed by atoms with Gasteiger partial charge in [0, 0.05) is 16.7 Å². The summed E-state index contributed by atoms with van der Waals surface area (Å²) < 4.78 is 0. The molecule has 1 aromatic heterocycles. The minimum Gasteiger partial charge on any atom is -0.390 e. The minimum absolute atomic E-state index is 0.200. The molecule has 0 aliphatic heterocycles. The van der Waals surface area contributed by atoms with Crippen molar-refractivity contribution in [2.24, 2.45) is 11.0 Å². The van der Waals surface area contributed by atoms with Gasteiger partial charge in [-0.15, -0.1) is 0 Å². The number of hydrogen-bond acceptors (Lipinski definition) is 6. The Labute approximate surface area is 91.3 Å². The first-order valence-electron chi connectivity index (χ1n) is 4.48. The number of pyridine rings is 1. The summed E-state index contributed by atoms with van der Waals surface area (Å²) in [7, 11) is 0. The zero-order valence-corrected chi connectivity index (χ0v) is 8.35. The van der Waals surface area contributed by atoms with E-state index in [4.69, 9.17) is 11.4 Å². The second-order valence-corrected chi connectivity index (χ2v) is 3.05. The predicted octanol–water partition coefficient (Wildman–Crippen LogP) is 0.0718. The fourth-order valence-electron chi connectivity index (χ4n) is 1.11. The normalized spacial score (nSPS) is 13.7. The van der Waals surface area contributed by atoms with E-state index in [0.717, 1.165) is 0 Å². The molecule has 1 aromatic rings. The second-order valence-electron chi connectivity index (χ2n) is 3.05. The summed E-state index contributed by atoms with van der Waals surface area (Å²) in [5.41, 5.74) is 10.8. The topological polar surface area (TPSA) is 140 Å². The third kappa shape index (κ3) is 3.07. The number of hydrazine groups is 1. The van der Waals surface area contributed by atoms with Gasteiger partial charge < -0.3 is 15.6 Å². The molecule has 8 nitrogen and oxygen atoms in total. The Morgan fingerprint density at radius 3 is 2.81 bits per heavy atom. The zero-order chi connectivity index (χ0) is 12.0. The van der Waals surface area contributed by atoms with Crippen LogP contribution < -0.4 is 11.3 Å². The first-order valence-corrected chi connectivity index (χ1v) is 4.48. The predicted molar refractivity (Wildman–Crippen MR) is 57.0 cm³/mol. The fraction of sp³-hybridized carbons (Fsp3) is 0.375. The van der Waals surface area contributed by atoms with Crippen molar-refractivity contribution >= 4 is 5.82 Å². The van der Waals surface area contributed by atoms with Crippen LogP contribution in [0.4, 0.5) is 5.82 Å². The van der Waals surface area contributed by atoms with E-state index < -0.39 is 12.2 Å². The van der Waals surface area contributed by atoms with Gasteiger partial charge in [-0.25, -0.2) is 10.8 Å². The maximum Gasteiger partial charge on any atom is 0.139 e. The molecule has 8 heteroatoms. The Balaban J connectivity index is 2.71. The Morgan fingerprint density at radius 1 is 1.56 bits per heavy atom. The third-order valence-corrected chi connectivity index (χ3v) is 1.97. The summed E-state index contributed by atoms with van der Waals surface area (Å²) in [5, 5.41) is 22.3. The van der Waals surface area contributed by atoms with Crippen LogP contribution in [0, 0.1) is 0 Å². The van der Waals surface area contributed by atoms with Crippen LogP contribution in [0.1, 0.15) is 11.7 Å². The Kier molecular flexibility index (Phi) is 4.49. The highest BCUT2D eigenvalue weighted by Gasteiger charge is 2.17. The quantitative estimate of drug-likeness (QED) is 0.184. The fourth-order valence-corrected chi connectivity index (χ4v) is 1.11. The van der Waals surface area contributed by atoms with Crippen LogP contribution in [0.3, 0.4) is 0 Å². The largest absolute Gasteiger partial charge is 0.390 e. The highest BCUT2D eigenvalue weighted by atomic mass is 16.3. The molecule has 16 heavy (non-hydrogen) atoms. The molecule has 1 rings (SSSR count). The molecule has 0 amide bonds. The van der Waals surface area contributed by atoms with Crippen molar-refractivity contribution < 1.29 is 10.2 Å². The lowest BCUT2D eigenvalue weighted by Crippen LogP contribution is -2.21. The lowest BCUT2D eigenvalue weighted by Gasteiger charge is -2.15. The molecule has 0 fully saturated rings. The van der Waals surface area contributed by atoms with Crippen LogP contribution in [0.15, 0.2) is 23.4 Å². The van der Waals surface area contributed by atoms with Crippen LogP contribution in [0.5, 0.6) is 0 Å². The number of rotatable bonds is 5. The van der Waals surface area contributed by atoms with Gasteiger partial charge in [-0.1, -0.05) is 11.2 Å². The van der Waals surface area contributed by atoms with Crippen molar-refractivity contribution in [2.75, 3.05) is 12.0 Å². The van der Waals surface area contributed by atoms with Crippen molar-refractivity contribution in [3.8, 4) is 0 Å². The molecule has 0 saturated heterocycles. The molecule has 0 aliphatic carbocycles. The van der Waals surface area contributed by atoms with E-state index in [1.807, 2.05) is 0 Å². The molecule has 0 aliphatic rings. The Morgan fingerprint density at radius 2 is 2.31 bits per heavy atom. The standard InChI is InChI=1S/C8H12N6O2/c9-13-7-2-1-5(3-11-7)8(16)6(15)4-12-14-10/h1-3,6,8,15-16H,4,9H2,(H,11,13). The first kappa shape index (κ1) is 12.2. The molecule has 0 saturated carbocycles. The molecule has 86 valence electrons. The second kappa shape index (κ2) is 5.89. The van der Waals surface area contributed by atoms with E-state index in [-0.39, 0.29) is 6.54 Å². The summed E-state index contributed by atoms with van der Waals surface area (Å²) in [6.45, 7) is -0.200. The van der Waals surface area contributed by atoms with Crippen LogP contribution >= 0.6 is 0 Å². The number of anilines is 1. The smallest absolute Gasteiger partial charge is 0.139 e. The Bertz CT molecular complexity index is 375. The number of aliphatic hydroxyl groups excluding tert-OH is 2. The van der Waals surface area contributed by atoms with Gasteiger partial charge in [0.25, 0.3) is 0 Å². The van der Waals surface area contributed by atoms with E-state index in [9.17, 15) is 10.2 Å². The van der Waals surface area contributed by atoms with Crippen molar-refractivity contribution in [1.82, 2.24) is 4.98 Å². The lowest BCUT2D eigenvalue weighted by atomic mass is 10.1. The van der Waals surface area contributed by atoms with Gasteiger partial charge in [-0.2, -0.15) is 0 Å². The maximum absolute atomic E-state index is 9.65. The number of aliphatic hydroxyl groups is 2. The number of azide groups is 1. The van der Waals surface area contributed by atoms with E-state index in [0.29, 0.717) is 11.4 Å². The highest BCUT2D eigenvalue weighted by molar-refractivity contribution is 5.34. The Hall–Kier alpha value is -1.86. The van der Waals surface area contributed by atoms with Crippen LogP contribution in [-0.4, -0.2) is 27.8 Å². The van der Waals surface area contributed by atoms with Crippen molar-refractivity contribution in [2.45, 2.75) is 12.2 Å². The molecule has 5 N–H and O–H groups in total. The molecule has 2 atom stereocenters. The molecule has 1 heterocycles. The SMILES string of the molecule is [N-]=[N+]=NCC(O)C(O)c1ccc(NN)nc1. The molecule has 2 unspecified atom stereocenters. The van der Waals surface area contributed by atoms with E-state index >= 15 is 0 Å². The van der Waals surface area contributed by atoms with Gasteiger partial charge in [0.1, 0.15) is 11.9 Å². The van der Waals surface area contributed by atoms with Crippen LogP contribution in [0.2, 0.25) is 0 Å². The number of hydrogen-bond donors (Lipinski definition) is 4. The van der Waals surface area contributed by atoms with Crippen LogP contribution in [0.25, 0.3) is 10.4 Å². The van der Waals surface area contributed by atoms with E-state index in [1.165, 1.54) is 6.20 Å². The average Bonchev–Trinajstić information content (AvgIpc) is 2.35. The number of nitrogens with zero attached hydrogens (tertiary/aromatic N) is 4. The number of nitrogen functional groups attached to an aromatic ring is 1. The summed E-state index contributed by atoms with van der Waals surface area (Å²) in [6, 6.07) is 3.12. The van der Waals surface area contributed by atoms with Gasteiger partial charge in [-0.3, -0.25) is 0 Å². The van der Waals surface area contributed by atoms with Crippen LogP contribution in [-0.2, 0) is 0 Å². The van der Waals surface area contributed by atoms with Gasteiger partial charge in [0.15, 0.2) is 0 Å². The van der Waals surface area contributed by atoms with Crippen molar-refractivity contribution in [3.05, 3.63) is 34.3 Å². The lowest BCUT2D eigenvalue weighted by molar-refractivity contribution is 0.0242. The molecular formula is C8H12N6O2. The molecular weight excluding hydrogens is 212 g/mol. The molecule has 0 radical (unpaired) electrons. The maximum atomic E-state index is 9.65. The van der Waals surface area contributed by atoms with Crippen molar-refractivity contribution in [1.29, 1.82) is 0 Å². The summed E-state index contributed by atoms with van der Waals surface area (Å²) in [4.78, 5) is 6.36. The minimum atomic E-state index is -1.16. The monoisotopic (exact) mass is 224 g/mol.